The van der Waals surface area contributed by atoms with Gasteiger partial charge in [0.2, 0.25) is 5.91 Å². The molecule has 1 atom stereocenters. The molecular weight excluding hydrogens is 304 g/mol. The van der Waals surface area contributed by atoms with Crippen molar-refractivity contribution in [1.29, 1.82) is 0 Å². The first-order valence-corrected chi connectivity index (χ1v) is 8.70. The van der Waals surface area contributed by atoms with E-state index in [9.17, 15) is 9.59 Å². The SMILES string of the molecule is Cc1cccc(C2CC(N(C)C(=O)[C@@H]3CCOC(=O)NC3)C2)c1C. The molecule has 1 heterocycles. The first-order chi connectivity index (χ1) is 11.5. The molecule has 0 bridgehead atoms. The quantitative estimate of drug-likeness (QED) is 0.927. The van der Waals surface area contributed by atoms with Gasteiger partial charge in [0.1, 0.15) is 0 Å². The molecule has 0 aromatic heterocycles. The molecule has 0 radical (unpaired) electrons. The monoisotopic (exact) mass is 330 g/mol. The summed E-state index contributed by atoms with van der Waals surface area (Å²) in [5.41, 5.74) is 4.12. The number of hydrogen-bond acceptors (Lipinski definition) is 3. The average Bonchev–Trinajstić information content (AvgIpc) is 2.74. The second-order valence-corrected chi connectivity index (χ2v) is 7.06. The number of nitrogens with zero attached hydrogens (tertiary/aromatic N) is 1. The standard InChI is InChI=1S/C19H26N2O3/c1-12-5-4-6-17(13(12)2)15-9-16(10-15)21(3)18(22)14-7-8-24-19(23)20-11-14/h4-6,14-16H,7-11H2,1-3H3,(H,20,23)/t14-,15?,16?/m1/s1. The molecule has 130 valence electrons. The van der Waals surface area contributed by atoms with Gasteiger partial charge in [-0.1, -0.05) is 18.2 Å². The number of rotatable bonds is 3. The van der Waals surface area contributed by atoms with E-state index in [1.165, 1.54) is 16.7 Å². The highest BCUT2D eigenvalue weighted by molar-refractivity contribution is 5.80. The fourth-order valence-corrected chi connectivity index (χ4v) is 3.71. The summed E-state index contributed by atoms with van der Waals surface area (Å²) in [6.45, 7) is 5.01. The maximum Gasteiger partial charge on any atom is 0.407 e. The highest BCUT2D eigenvalue weighted by Crippen LogP contribution is 2.41. The van der Waals surface area contributed by atoms with Crippen LogP contribution in [0.1, 0.15) is 41.9 Å². The molecule has 1 N–H and O–H groups in total. The molecule has 5 heteroatoms. The summed E-state index contributed by atoms with van der Waals surface area (Å²) in [7, 11) is 1.89. The summed E-state index contributed by atoms with van der Waals surface area (Å²) in [6, 6.07) is 6.77. The Bertz CT molecular complexity index is 637. The molecule has 5 nitrogen and oxygen atoms in total. The van der Waals surface area contributed by atoms with Crippen molar-refractivity contribution in [1.82, 2.24) is 10.2 Å². The van der Waals surface area contributed by atoms with Gasteiger partial charge in [-0.15, -0.1) is 0 Å². The largest absolute Gasteiger partial charge is 0.450 e. The lowest BCUT2D eigenvalue weighted by atomic mass is 9.73. The van der Waals surface area contributed by atoms with E-state index in [-0.39, 0.29) is 11.8 Å². The Labute approximate surface area is 143 Å². The van der Waals surface area contributed by atoms with Crippen LogP contribution in [0.4, 0.5) is 4.79 Å². The van der Waals surface area contributed by atoms with Crippen molar-refractivity contribution in [2.45, 2.75) is 45.1 Å². The Kier molecular flexibility index (Phi) is 4.78. The van der Waals surface area contributed by atoms with Crippen LogP contribution in [0.15, 0.2) is 18.2 Å². The van der Waals surface area contributed by atoms with Gasteiger partial charge in [0.25, 0.3) is 0 Å². The van der Waals surface area contributed by atoms with E-state index < -0.39 is 6.09 Å². The van der Waals surface area contributed by atoms with Gasteiger partial charge in [0, 0.05) is 19.6 Å². The minimum Gasteiger partial charge on any atom is -0.450 e. The van der Waals surface area contributed by atoms with Crippen LogP contribution in [-0.4, -0.2) is 43.1 Å². The highest BCUT2D eigenvalue weighted by Gasteiger charge is 2.37. The molecule has 1 aromatic carbocycles. The molecule has 1 aliphatic heterocycles. The maximum atomic E-state index is 12.7. The molecule has 3 rings (SSSR count). The molecule has 2 amide bonds. The summed E-state index contributed by atoms with van der Waals surface area (Å²) >= 11 is 0. The van der Waals surface area contributed by atoms with Gasteiger partial charge >= 0.3 is 6.09 Å². The number of amides is 2. The van der Waals surface area contributed by atoms with Gasteiger partial charge < -0.3 is 15.0 Å². The van der Waals surface area contributed by atoms with Gasteiger partial charge in [-0.25, -0.2) is 4.79 Å². The predicted octanol–water partition coefficient (Wildman–Crippen LogP) is 2.75. The molecule has 1 saturated carbocycles. The van der Waals surface area contributed by atoms with E-state index in [0.717, 1.165) is 12.8 Å². The zero-order chi connectivity index (χ0) is 17.3. The first-order valence-electron chi connectivity index (χ1n) is 8.70. The Hall–Kier alpha value is -2.04. The Morgan fingerprint density at radius 1 is 1.29 bits per heavy atom. The summed E-state index contributed by atoms with van der Waals surface area (Å²) < 4.78 is 4.94. The molecule has 24 heavy (non-hydrogen) atoms. The molecule has 2 aliphatic rings. The Morgan fingerprint density at radius 2 is 2.04 bits per heavy atom. The summed E-state index contributed by atoms with van der Waals surface area (Å²) in [5.74, 6) is 0.480. The van der Waals surface area contributed by atoms with Crippen molar-refractivity contribution in [3.8, 4) is 0 Å². The van der Waals surface area contributed by atoms with Gasteiger partial charge in [-0.2, -0.15) is 0 Å². The van der Waals surface area contributed by atoms with Crippen LogP contribution in [0.3, 0.4) is 0 Å². The number of benzene rings is 1. The molecule has 1 aliphatic carbocycles. The minimum absolute atomic E-state index is 0.116. The Balaban J connectivity index is 1.58. The van der Waals surface area contributed by atoms with Crippen LogP contribution in [0, 0.1) is 19.8 Å². The lowest BCUT2D eigenvalue weighted by molar-refractivity contribution is -0.138. The number of alkyl carbamates (subject to hydrolysis) is 1. The second kappa shape index (κ2) is 6.83. The summed E-state index contributed by atoms with van der Waals surface area (Å²) in [6.07, 6.45) is 2.20. The van der Waals surface area contributed by atoms with Gasteiger partial charge in [-0.05, 0) is 55.7 Å². The number of carbonyl (C=O) groups is 2. The maximum absolute atomic E-state index is 12.7. The second-order valence-electron chi connectivity index (χ2n) is 7.06. The van der Waals surface area contributed by atoms with Gasteiger partial charge in [-0.3, -0.25) is 4.79 Å². The minimum atomic E-state index is -0.424. The number of carbonyl (C=O) groups excluding carboxylic acids is 2. The molecule has 2 fully saturated rings. The zero-order valence-corrected chi connectivity index (χ0v) is 14.7. The third-order valence-electron chi connectivity index (χ3n) is 5.64. The summed E-state index contributed by atoms with van der Waals surface area (Å²) in [5, 5.41) is 2.64. The first kappa shape index (κ1) is 16.8. The van der Waals surface area contributed by atoms with Crippen LogP contribution < -0.4 is 5.32 Å². The lowest BCUT2D eigenvalue weighted by Crippen LogP contribution is -2.48. The third kappa shape index (κ3) is 3.25. The van der Waals surface area contributed by atoms with Crippen LogP contribution in [0.25, 0.3) is 0 Å². The molecule has 1 saturated heterocycles. The van der Waals surface area contributed by atoms with E-state index >= 15 is 0 Å². The van der Waals surface area contributed by atoms with Crippen molar-refractivity contribution in [3.05, 3.63) is 34.9 Å². The average molecular weight is 330 g/mol. The molecule has 0 unspecified atom stereocenters. The van der Waals surface area contributed by atoms with Crippen LogP contribution >= 0.6 is 0 Å². The van der Waals surface area contributed by atoms with Crippen molar-refractivity contribution >= 4 is 12.0 Å². The number of ether oxygens (including phenoxy) is 1. The van der Waals surface area contributed by atoms with Crippen molar-refractivity contribution in [3.63, 3.8) is 0 Å². The molecular formula is C19H26N2O3. The topological polar surface area (TPSA) is 58.6 Å². The zero-order valence-electron chi connectivity index (χ0n) is 14.7. The number of cyclic esters (lactones) is 1. The van der Waals surface area contributed by atoms with E-state index in [1.54, 1.807) is 0 Å². The van der Waals surface area contributed by atoms with E-state index in [4.69, 9.17) is 4.74 Å². The smallest absolute Gasteiger partial charge is 0.407 e. The lowest BCUT2D eigenvalue weighted by Gasteiger charge is -2.43. The van der Waals surface area contributed by atoms with E-state index in [1.807, 2.05) is 11.9 Å². The van der Waals surface area contributed by atoms with Crippen molar-refractivity contribution in [2.24, 2.45) is 5.92 Å². The molecule has 0 spiro atoms. The van der Waals surface area contributed by atoms with Crippen molar-refractivity contribution < 1.29 is 14.3 Å². The number of aryl methyl sites for hydroxylation is 1. The van der Waals surface area contributed by atoms with Crippen LogP contribution in [0.2, 0.25) is 0 Å². The fourth-order valence-electron chi connectivity index (χ4n) is 3.71. The van der Waals surface area contributed by atoms with E-state index in [0.29, 0.717) is 31.5 Å². The molecule has 1 aromatic rings. The number of hydrogen-bond donors (Lipinski definition) is 1. The highest BCUT2D eigenvalue weighted by atomic mass is 16.5. The Morgan fingerprint density at radius 3 is 2.79 bits per heavy atom. The number of nitrogens with one attached hydrogen (secondary N) is 1. The fraction of sp³-hybridized carbons (Fsp3) is 0.579. The normalized spacial score (nSPS) is 26.6. The van der Waals surface area contributed by atoms with Gasteiger partial charge in [0.15, 0.2) is 0 Å². The van der Waals surface area contributed by atoms with Gasteiger partial charge in [0.05, 0.1) is 12.5 Å². The van der Waals surface area contributed by atoms with Crippen LogP contribution in [-0.2, 0) is 9.53 Å². The predicted molar refractivity (Wildman–Crippen MR) is 91.9 cm³/mol. The van der Waals surface area contributed by atoms with E-state index in [2.05, 4.69) is 37.4 Å². The van der Waals surface area contributed by atoms with Crippen molar-refractivity contribution in [2.75, 3.05) is 20.2 Å². The summed E-state index contributed by atoms with van der Waals surface area (Å²) in [4.78, 5) is 25.8. The third-order valence-corrected chi connectivity index (χ3v) is 5.64. The van der Waals surface area contributed by atoms with Crippen LogP contribution in [0.5, 0.6) is 0 Å².